The van der Waals surface area contributed by atoms with Gasteiger partial charge in [-0.25, -0.2) is 0 Å². The largest absolute Gasteiger partial charge is 0.0845 e. The van der Waals surface area contributed by atoms with E-state index in [1.807, 2.05) is 0 Å². The zero-order valence-electron chi connectivity index (χ0n) is 17.2. The highest BCUT2D eigenvalue weighted by molar-refractivity contribution is 5.02. The third kappa shape index (κ3) is 18.1. The summed E-state index contributed by atoms with van der Waals surface area (Å²) in [5, 5.41) is 0. The van der Waals surface area contributed by atoms with E-state index in [0.29, 0.717) is 0 Å². The van der Waals surface area contributed by atoms with Crippen LogP contribution in [0.15, 0.2) is 24.3 Å². The van der Waals surface area contributed by atoms with Crippen molar-refractivity contribution in [1.82, 2.24) is 0 Å². The number of allylic oxidation sites excluding steroid dienone is 4. The Labute approximate surface area is 159 Å². The molecule has 0 amide bonds. The summed E-state index contributed by atoms with van der Waals surface area (Å²) in [7, 11) is 0. The second-order valence-corrected chi connectivity index (χ2v) is 8.15. The molecule has 0 atom stereocenters. The van der Waals surface area contributed by atoms with Crippen molar-refractivity contribution in [3.63, 3.8) is 0 Å². The van der Waals surface area contributed by atoms with Gasteiger partial charge in [0.1, 0.15) is 0 Å². The second kappa shape index (κ2) is 19.8. The third-order valence-corrected chi connectivity index (χ3v) is 5.62. The van der Waals surface area contributed by atoms with Gasteiger partial charge in [-0.3, -0.25) is 0 Å². The van der Waals surface area contributed by atoms with Crippen molar-refractivity contribution in [3.8, 4) is 0 Å². The van der Waals surface area contributed by atoms with Crippen LogP contribution in [-0.2, 0) is 0 Å². The molecule has 0 aromatic heterocycles. The Hall–Kier alpha value is -0.520. The molecule has 0 heteroatoms. The molecule has 1 rings (SSSR count). The molecule has 0 aromatic rings. The molecular weight excluding hydrogens is 300 g/mol. The molecule has 146 valence electrons. The van der Waals surface area contributed by atoms with Crippen LogP contribution < -0.4 is 0 Å². The van der Waals surface area contributed by atoms with Gasteiger partial charge in [0.2, 0.25) is 0 Å². The van der Waals surface area contributed by atoms with Crippen LogP contribution in [0.4, 0.5) is 0 Å². The van der Waals surface area contributed by atoms with Crippen LogP contribution in [0, 0.1) is 0 Å². The molecule has 0 spiro atoms. The van der Waals surface area contributed by atoms with Gasteiger partial charge in [0.15, 0.2) is 0 Å². The minimum Gasteiger partial charge on any atom is -0.0845 e. The van der Waals surface area contributed by atoms with Gasteiger partial charge in [-0.05, 0) is 25.7 Å². The second-order valence-electron chi connectivity index (χ2n) is 8.15. The Bertz CT molecular complexity index is 269. The average Bonchev–Trinajstić information content (AvgIpc) is 2.62. The molecule has 0 aromatic carbocycles. The fourth-order valence-electron chi connectivity index (χ4n) is 3.88. The lowest BCUT2D eigenvalue weighted by Gasteiger charge is -2.04. The van der Waals surface area contributed by atoms with Crippen molar-refractivity contribution in [2.75, 3.05) is 0 Å². The fourth-order valence-corrected chi connectivity index (χ4v) is 3.88. The van der Waals surface area contributed by atoms with E-state index in [2.05, 4.69) is 24.3 Å². The molecule has 0 unspecified atom stereocenters. The van der Waals surface area contributed by atoms with Gasteiger partial charge in [-0.15, -0.1) is 0 Å². The van der Waals surface area contributed by atoms with Crippen molar-refractivity contribution < 1.29 is 0 Å². The molecule has 0 radical (unpaired) electrons. The van der Waals surface area contributed by atoms with Crippen LogP contribution in [0.2, 0.25) is 0 Å². The first kappa shape index (κ1) is 22.5. The monoisotopic (exact) mass is 346 g/mol. The maximum absolute atomic E-state index is 2.36. The van der Waals surface area contributed by atoms with Crippen molar-refractivity contribution in [1.29, 1.82) is 0 Å². The molecule has 1 aliphatic carbocycles. The molecule has 0 fully saturated rings. The Kier molecular flexibility index (Phi) is 17.8. The molecule has 0 bridgehead atoms. The lowest BCUT2D eigenvalue weighted by atomic mass is 10.0. The zero-order chi connectivity index (χ0) is 17.7. The molecule has 0 saturated heterocycles. The lowest BCUT2D eigenvalue weighted by molar-refractivity contribution is 0.523. The van der Waals surface area contributed by atoms with Crippen molar-refractivity contribution in [2.45, 2.75) is 135 Å². The summed E-state index contributed by atoms with van der Waals surface area (Å²) in [4.78, 5) is 0. The van der Waals surface area contributed by atoms with Crippen LogP contribution in [0.25, 0.3) is 0 Å². The van der Waals surface area contributed by atoms with E-state index in [-0.39, 0.29) is 0 Å². The zero-order valence-corrected chi connectivity index (χ0v) is 17.2. The highest BCUT2D eigenvalue weighted by atomic mass is 14.0. The van der Waals surface area contributed by atoms with Gasteiger partial charge in [0.05, 0.1) is 0 Å². The predicted octanol–water partition coefficient (Wildman–Crippen LogP) is 9.30. The van der Waals surface area contributed by atoms with E-state index < -0.39 is 0 Å². The molecular formula is C25H46. The minimum absolute atomic E-state index is 1.27. The summed E-state index contributed by atoms with van der Waals surface area (Å²) in [6.45, 7) is 0. The smallest absolute Gasteiger partial charge is 0.0348 e. The number of rotatable bonds is 0. The minimum atomic E-state index is 1.27. The van der Waals surface area contributed by atoms with E-state index in [0.717, 1.165) is 0 Å². The average molecular weight is 347 g/mol. The quantitative estimate of drug-likeness (QED) is 0.410. The van der Waals surface area contributed by atoms with E-state index in [1.54, 1.807) is 0 Å². The first-order valence-corrected chi connectivity index (χ1v) is 11.8. The van der Waals surface area contributed by atoms with Crippen LogP contribution in [0.5, 0.6) is 0 Å². The summed E-state index contributed by atoms with van der Waals surface area (Å²) >= 11 is 0. The maximum atomic E-state index is 2.36. The van der Waals surface area contributed by atoms with Gasteiger partial charge < -0.3 is 0 Å². The number of hydrogen-bond acceptors (Lipinski definition) is 0. The van der Waals surface area contributed by atoms with E-state index in [9.17, 15) is 0 Å². The predicted molar refractivity (Wildman–Crippen MR) is 115 cm³/mol. The lowest BCUT2D eigenvalue weighted by Crippen LogP contribution is -1.84. The highest BCUT2D eigenvalue weighted by Gasteiger charge is 1.95. The molecule has 0 N–H and O–H groups in total. The van der Waals surface area contributed by atoms with Gasteiger partial charge in [0.25, 0.3) is 0 Å². The Morgan fingerprint density at radius 2 is 0.440 bits per heavy atom. The van der Waals surface area contributed by atoms with Gasteiger partial charge in [-0.2, -0.15) is 0 Å². The fraction of sp³-hybridized carbons (Fsp3) is 0.840. The Balaban J connectivity index is 2.09. The molecule has 0 heterocycles. The standard InChI is InChI=1S/C25H46/c1-2-4-6-8-10-12-14-16-18-20-22-24-25-23-21-19-17-15-13-11-9-7-5-3-1/h1-4H,5-25H2/b3-1-,4-2?. The van der Waals surface area contributed by atoms with Gasteiger partial charge in [-0.1, -0.05) is 133 Å². The molecule has 1 aliphatic rings. The van der Waals surface area contributed by atoms with E-state index in [1.165, 1.54) is 135 Å². The van der Waals surface area contributed by atoms with E-state index >= 15 is 0 Å². The summed E-state index contributed by atoms with van der Waals surface area (Å²) in [6.07, 6.45) is 39.5. The topological polar surface area (TPSA) is 0 Å². The van der Waals surface area contributed by atoms with Gasteiger partial charge >= 0.3 is 0 Å². The van der Waals surface area contributed by atoms with Crippen LogP contribution in [0.3, 0.4) is 0 Å². The molecule has 0 aliphatic heterocycles. The van der Waals surface area contributed by atoms with Gasteiger partial charge in [0, 0.05) is 0 Å². The summed E-state index contributed by atoms with van der Waals surface area (Å²) in [6, 6.07) is 0. The van der Waals surface area contributed by atoms with E-state index in [4.69, 9.17) is 0 Å². The maximum Gasteiger partial charge on any atom is -0.0348 e. The summed E-state index contributed by atoms with van der Waals surface area (Å²) < 4.78 is 0. The molecule has 0 nitrogen and oxygen atoms in total. The van der Waals surface area contributed by atoms with Crippen molar-refractivity contribution in [3.05, 3.63) is 24.3 Å². The van der Waals surface area contributed by atoms with Crippen LogP contribution >= 0.6 is 0 Å². The van der Waals surface area contributed by atoms with Crippen LogP contribution in [-0.4, -0.2) is 0 Å². The van der Waals surface area contributed by atoms with Crippen LogP contribution in [0.1, 0.15) is 135 Å². The third-order valence-electron chi connectivity index (χ3n) is 5.62. The highest BCUT2D eigenvalue weighted by Crippen LogP contribution is 2.15. The molecule has 0 saturated carbocycles. The number of hydrogen-bond donors (Lipinski definition) is 0. The summed E-state index contributed by atoms with van der Waals surface area (Å²) in [5.74, 6) is 0. The first-order valence-electron chi connectivity index (χ1n) is 11.8. The van der Waals surface area contributed by atoms with Crippen molar-refractivity contribution in [2.24, 2.45) is 0 Å². The first-order chi connectivity index (χ1) is 12.5. The Morgan fingerprint density at radius 3 is 0.680 bits per heavy atom. The Morgan fingerprint density at radius 1 is 0.240 bits per heavy atom. The SMILES string of the molecule is C1=CCCCCCCCCCCCCCCCCCCCCC/C=C\1. The molecule has 25 heavy (non-hydrogen) atoms. The van der Waals surface area contributed by atoms with Crippen molar-refractivity contribution >= 4 is 0 Å². The summed E-state index contributed by atoms with van der Waals surface area (Å²) in [5.41, 5.74) is 0. The normalized spacial score (nSPS) is 24.0.